The second-order valence-corrected chi connectivity index (χ2v) is 6.95. The van der Waals surface area contributed by atoms with E-state index in [4.69, 9.17) is 11.6 Å². The number of hydrogen-bond donors (Lipinski definition) is 2. The second-order valence-electron chi connectivity index (χ2n) is 6.52. The lowest BCUT2D eigenvalue weighted by Crippen LogP contribution is -2.30. The van der Waals surface area contributed by atoms with Gasteiger partial charge in [-0.25, -0.2) is 0 Å². The van der Waals surface area contributed by atoms with E-state index < -0.39 is 0 Å². The van der Waals surface area contributed by atoms with Crippen LogP contribution in [0, 0.1) is 0 Å². The number of hydrogen-bond acceptors (Lipinski definition) is 2. The van der Waals surface area contributed by atoms with E-state index in [9.17, 15) is 9.59 Å². The van der Waals surface area contributed by atoms with Crippen LogP contribution in [0.5, 0.6) is 0 Å². The molecular weight excluding hydrogens is 372 g/mol. The summed E-state index contributed by atoms with van der Waals surface area (Å²) in [7, 11) is 0. The molecule has 0 bridgehead atoms. The number of carbonyl (C=O) groups is 2. The molecule has 0 radical (unpaired) electrons. The lowest BCUT2D eigenvalue weighted by Gasteiger charge is -2.20. The van der Waals surface area contributed by atoms with Gasteiger partial charge in [0.2, 0.25) is 11.8 Å². The smallest absolute Gasteiger partial charge is 0.225 e. The maximum Gasteiger partial charge on any atom is 0.225 e. The van der Waals surface area contributed by atoms with Crippen molar-refractivity contribution < 1.29 is 9.59 Å². The highest BCUT2D eigenvalue weighted by molar-refractivity contribution is 6.30. The van der Waals surface area contributed by atoms with Gasteiger partial charge in [-0.3, -0.25) is 9.59 Å². The van der Waals surface area contributed by atoms with Gasteiger partial charge in [0.25, 0.3) is 0 Å². The highest BCUT2D eigenvalue weighted by Gasteiger charge is 2.17. The predicted octanol–water partition coefficient (Wildman–Crippen LogP) is 4.75. The highest BCUT2D eigenvalue weighted by Crippen LogP contribution is 2.24. The summed E-state index contributed by atoms with van der Waals surface area (Å²) in [6, 6.07) is 24.3. The third-order valence-electron chi connectivity index (χ3n) is 4.28. The molecule has 28 heavy (non-hydrogen) atoms. The van der Waals surface area contributed by atoms with Gasteiger partial charge in [0.15, 0.2) is 0 Å². The van der Waals surface area contributed by atoms with Crippen molar-refractivity contribution in [3.63, 3.8) is 0 Å². The fraction of sp³-hybridized carbons (Fsp3) is 0.130. The molecule has 3 rings (SSSR count). The molecule has 0 saturated carbocycles. The first-order valence-corrected chi connectivity index (χ1v) is 9.35. The summed E-state index contributed by atoms with van der Waals surface area (Å²) in [4.78, 5) is 23.8. The van der Waals surface area contributed by atoms with E-state index in [0.717, 1.165) is 16.7 Å². The van der Waals surface area contributed by atoms with E-state index in [1.165, 1.54) is 6.92 Å². The summed E-state index contributed by atoms with van der Waals surface area (Å²) < 4.78 is 0. The maximum atomic E-state index is 12.7. The first kappa shape index (κ1) is 19.6. The Bertz CT molecular complexity index is 939. The molecule has 2 amide bonds. The molecule has 4 nitrogen and oxygen atoms in total. The quantitative estimate of drug-likeness (QED) is 0.636. The summed E-state index contributed by atoms with van der Waals surface area (Å²) in [6.07, 6.45) is 0.247. The minimum Gasteiger partial charge on any atom is -0.345 e. The lowest BCUT2D eigenvalue weighted by atomic mass is 9.98. The Morgan fingerprint density at radius 3 is 2.07 bits per heavy atom. The predicted molar refractivity (Wildman–Crippen MR) is 112 cm³/mol. The molecular formula is C23H21ClN2O2. The molecule has 0 aliphatic heterocycles. The molecule has 0 fully saturated rings. The minimum absolute atomic E-state index is 0.0870. The van der Waals surface area contributed by atoms with Crippen LogP contribution in [0.3, 0.4) is 0 Å². The Balaban J connectivity index is 1.74. The summed E-state index contributed by atoms with van der Waals surface area (Å²) >= 11 is 6.01. The summed E-state index contributed by atoms with van der Waals surface area (Å²) in [6.45, 7) is 1.46. The number of rotatable bonds is 6. The lowest BCUT2D eigenvalue weighted by molar-refractivity contribution is -0.121. The molecule has 0 aliphatic carbocycles. The highest BCUT2D eigenvalue weighted by atomic mass is 35.5. The Morgan fingerprint density at radius 1 is 0.857 bits per heavy atom. The van der Waals surface area contributed by atoms with Crippen molar-refractivity contribution in [2.45, 2.75) is 19.4 Å². The van der Waals surface area contributed by atoms with Crippen molar-refractivity contribution in [2.75, 3.05) is 5.32 Å². The number of benzene rings is 3. The maximum absolute atomic E-state index is 12.7. The van der Waals surface area contributed by atoms with Gasteiger partial charge >= 0.3 is 0 Å². The van der Waals surface area contributed by atoms with Crippen molar-refractivity contribution in [3.05, 3.63) is 101 Å². The Hall–Kier alpha value is -3.11. The Morgan fingerprint density at radius 2 is 1.46 bits per heavy atom. The zero-order valence-corrected chi connectivity index (χ0v) is 16.2. The van der Waals surface area contributed by atoms with E-state index in [2.05, 4.69) is 10.6 Å². The van der Waals surface area contributed by atoms with E-state index in [-0.39, 0.29) is 24.3 Å². The zero-order chi connectivity index (χ0) is 19.9. The van der Waals surface area contributed by atoms with Gasteiger partial charge in [0.1, 0.15) is 0 Å². The van der Waals surface area contributed by atoms with Crippen LogP contribution in [0.15, 0.2) is 78.9 Å². The van der Waals surface area contributed by atoms with E-state index >= 15 is 0 Å². The van der Waals surface area contributed by atoms with Gasteiger partial charge in [-0.2, -0.15) is 0 Å². The summed E-state index contributed by atoms with van der Waals surface area (Å²) in [5.41, 5.74) is 3.54. The largest absolute Gasteiger partial charge is 0.345 e. The third kappa shape index (κ3) is 5.44. The van der Waals surface area contributed by atoms with Crippen LogP contribution in [0.2, 0.25) is 5.02 Å². The summed E-state index contributed by atoms with van der Waals surface area (Å²) in [5.74, 6) is -0.213. The van der Waals surface area contributed by atoms with Crippen LogP contribution in [0.1, 0.15) is 29.7 Å². The molecule has 0 aliphatic rings. The van der Waals surface area contributed by atoms with Crippen LogP contribution >= 0.6 is 11.6 Å². The van der Waals surface area contributed by atoms with Crippen LogP contribution in [-0.2, 0) is 16.0 Å². The van der Waals surface area contributed by atoms with Gasteiger partial charge < -0.3 is 10.6 Å². The molecule has 1 atom stereocenters. The molecule has 1 unspecified atom stereocenters. The number of halogens is 1. The number of anilines is 1. The van der Waals surface area contributed by atoms with Crippen molar-refractivity contribution in [1.29, 1.82) is 0 Å². The first-order chi connectivity index (χ1) is 13.5. The van der Waals surface area contributed by atoms with Gasteiger partial charge in [-0.15, -0.1) is 0 Å². The fourth-order valence-electron chi connectivity index (χ4n) is 2.97. The first-order valence-electron chi connectivity index (χ1n) is 8.97. The SMILES string of the molecule is CC(=O)Nc1ccc(CC(=O)NC(c2ccccc2)c2ccc(Cl)cc2)cc1. The Kier molecular flexibility index (Phi) is 6.45. The number of nitrogens with one attached hydrogen (secondary N) is 2. The van der Waals surface area contributed by atoms with Crippen LogP contribution in [0.25, 0.3) is 0 Å². The zero-order valence-electron chi connectivity index (χ0n) is 15.5. The van der Waals surface area contributed by atoms with E-state index in [1.807, 2.05) is 66.7 Å². The van der Waals surface area contributed by atoms with Crippen molar-refractivity contribution >= 4 is 29.1 Å². The molecule has 3 aromatic rings. The number of amides is 2. The summed E-state index contributed by atoms with van der Waals surface area (Å²) in [5, 5.41) is 6.48. The topological polar surface area (TPSA) is 58.2 Å². The second kappa shape index (κ2) is 9.20. The van der Waals surface area contributed by atoms with Crippen molar-refractivity contribution in [2.24, 2.45) is 0 Å². The van der Waals surface area contributed by atoms with Gasteiger partial charge in [-0.05, 0) is 41.0 Å². The van der Waals surface area contributed by atoms with Gasteiger partial charge in [0, 0.05) is 17.6 Å². The van der Waals surface area contributed by atoms with Gasteiger partial charge in [0.05, 0.1) is 12.5 Å². The Labute approximate surface area is 169 Å². The third-order valence-corrected chi connectivity index (χ3v) is 4.53. The normalized spacial score (nSPS) is 11.5. The average Bonchev–Trinajstić information content (AvgIpc) is 2.69. The van der Waals surface area contributed by atoms with Crippen LogP contribution < -0.4 is 10.6 Å². The molecule has 0 saturated heterocycles. The standard InChI is InChI=1S/C23H21ClN2O2/c1-16(27)25-21-13-7-17(8-14-21)15-22(28)26-23(18-5-3-2-4-6-18)19-9-11-20(24)12-10-19/h2-14,23H,15H2,1H3,(H,25,27)(H,26,28). The van der Waals surface area contributed by atoms with Crippen LogP contribution in [0.4, 0.5) is 5.69 Å². The average molecular weight is 393 g/mol. The molecule has 3 aromatic carbocycles. The number of carbonyl (C=O) groups excluding carboxylic acids is 2. The molecule has 0 spiro atoms. The monoisotopic (exact) mass is 392 g/mol. The van der Waals surface area contributed by atoms with E-state index in [0.29, 0.717) is 10.7 Å². The molecule has 5 heteroatoms. The fourth-order valence-corrected chi connectivity index (χ4v) is 3.09. The van der Waals surface area contributed by atoms with Crippen molar-refractivity contribution in [1.82, 2.24) is 5.32 Å². The molecule has 0 heterocycles. The van der Waals surface area contributed by atoms with Gasteiger partial charge in [-0.1, -0.05) is 66.2 Å². The molecule has 0 aromatic heterocycles. The van der Waals surface area contributed by atoms with Crippen molar-refractivity contribution in [3.8, 4) is 0 Å². The van der Waals surface area contributed by atoms with E-state index in [1.54, 1.807) is 12.1 Å². The van der Waals surface area contributed by atoms with Crippen LogP contribution in [-0.4, -0.2) is 11.8 Å². The molecule has 2 N–H and O–H groups in total. The molecule has 142 valence electrons. The minimum atomic E-state index is -0.260.